The molecule has 1 aliphatic rings. The average molecular weight is 356 g/mol. The van der Waals surface area contributed by atoms with Gasteiger partial charge >= 0.3 is 0 Å². The Morgan fingerprint density at radius 2 is 1.56 bits per heavy atom. The summed E-state index contributed by atoms with van der Waals surface area (Å²) in [6.07, 6.45) is 4.82. The van der Waals surface area contributed by atoms with Crippen LogP contribution < -0.4 is 4.74 Å². The van der Waals surface area contributed by atoms with Gasteiger partial charge in [-0.3, -0.25) is 0 Å². The van der Waals surface area contributed by atoms with Crippen molar-refractivity contribution in [3.63, 3.8) is 0 Å². The Hall–Kier alpha value is -2.87. The Labute approximate surface area is 158 Å². The third-order valence-corrected chi connectivity index (χ3v) is 5.62. The molecule has 0 saturated carbocycles. The fourth-order valence-electron chi connectivity index (χ4n) is 4.31. The number of rotatable bonds is 3. The number of halogens is 1. The Balaban J connectivity index is 1.65. The van der Waals surface area contributed by atoms with Gasteiger partial charge in [0.2, 0.25) is 0 Å². The molecule has 4 aromatic rings. The van der Waals surface area contributed by atoms with Crippen LogP contribution in [0.3, 0.4) is 0 Å². The second kappa shape index (κ2) is 6.70. The van der Waals surface area contributed by atoms with Crippen molar-refractivity contribution >= 4 is 21.5 Å². The number of aryl methyl sites for hydroxylation is 2. The van der Waals surface area contributed by atoms with Crippen molar-refractivity contribution in [1.82, 2.24) is 0 Å². The molecule has 134 valence electrons. The monoisotopic (exact) mass is 356 g/mol. The lowest BCUT2D eigenvalue weighted by atomic mass is 9.86. The molecule has 4 aromatic carbocycles. The zero-order valence-corrected chi connectivity index (χ0v) is 15.2. The molecule has 1 aliphatic carbocycles. The normalized spacial score (nSPS) is 13.7. The van der Waals surface area contributed by atoms with Crippen LogP contribution >= 0.6 is 0 Å². The van der Waals surface area contributed by atoms with Crippen molar-refractivity contribution < 1.29 is 9.13 Å². The largest absolute Gasteiger partial charge is 0.488 e. The van der Waals surface area contributed by atoms with Gasteiger partial charge in [-0.2, -0.15) is 0 Å². The fraction of sp³-hybridized carbons (Fsp3) is 0.200. The summed E-state index contributed by atoms with van der Waals surface area (Å²) in [4.78, 5) is 0. The van der Waals surface area contributed by atoms with Crippen LogP contribution in [0.1, 0.15) is 29.5 Å². The van der Waals surface area contributed by atoms with Gasteiger partial charge in [-0.05, 0) is 76.7 Å². The molecule has 0 aromatic heterocycles. The van der Waals surface area contributed by atoms with Gasteiger partial charge in [-0.1, -0.05) is 48.5 Å². The maximum Gasteiger partial charge on any atom is 0.128 e. The Kier molecular flexibility index (Phi) is 4.05. The van der Waals surface area contributed by atoms with E-state index in [1.807, 2.05) is 12.1 Å². The molecule has 0 saturated heterocycles. The van der Waals surface area contributed by atoms with E-state index in [-0.39, 0.29) is 5.82 Å². The van der Waals surface area contributed by atoms with Gasteiger partial charge in [0, 0.05) is 5.39 Å². The van der Waals surface area contributed by atoms with Crippen LogP contribution in [-0.2, 0) is 19.4 Å². The topological polar surface area (TPSA) is 9.23 Å². The standard InChI is InChI=1S/C25H21FO/c26-19-8-5-6-17(14-19)16-27-25-15-24-20-9-2-1-7-18(20)12-13-22(24)21-10-3-4-11-23(21)25/h3-6,8,10-15H,1-2,7,9,16H2. The quantitative estimate of drug-likeness (QED) is 0.376. The summed E-state index contributed by atoms with van der Waals surface area (Å²) in [5, 5.41) is 4.93. The minimum absolute atomic E-state index is 0.228. The van der Waals surface area contributed by atoms with Gasteiger partial charge < -0.3 is 4.74 Å². The van der Waals surface area contributed by atoms with Crippen LogP contribution in [0.25, 0.3) is 21.5 Å². The molecule has 1 nitrogen and oxygen atoms in total. The number of hydrogen-bond acceptors (Lipinski definition) is 1. The molecule has 27 heavy (non-hydrogen) atoms. The summed E-state index contributed by atoms with van der Waals surface area (Å²) in [7, 11) is 0. The predicted octanol–water partition coefficient (Wildman–Crippen LogP) is 6.59. The second-order valence-corrected chi connectivity index (χ2v) is 7.34. The van der Waals surface area contributed by atoms with Gasteiger partial charge in [0.1, 0.15) is 18.2 Å². The maximum absolute atomic E-state index is 13.5. The third kappa shape index (κ3) is 2.95. The molecular formula is C25H21FO. The molecule has 0 aliphatic heterocycles. The summed E-state index contributed by atoms with van der Waals surface area (Å²) in [6.45, 7) is 0.363. The molecule has 0 amide bonds. The first-order valence-electron chi connectivity index (χ1n) is 9.63. The van der Waals surface area contributed by atoms with Crippen LogP contribution in [-0.4, -0.2) is 0 Å². The number of fused-ring (bicyclic) bond motifs is 5. The average Bonchev–Trinajstić information content (AvgIpc) is 2.72. The van der Waals surface area contributed by atoms with Crippen molar-refractivity contribution in [3.8, 4) is 5.75 Å². The highest BCUT2D eigenvalue weighted by Gasteiger charge is 2.16. The van der Waals surface area contributed by atoms with Gasteiger partial charge in [0.15, 0.2) is 0 Å². The highest BCUT2D eigenvalue weighted by atomic mass is 19.1. The SMILES string of the molecule is Fc1cccc(COc2cc3c4c(ccc3c3ccccc23)CCCC4)c1. The summed E-state index contributed by atoms with van der Waals surface area (Å²) >= 11 is 0. The molecule has 0 N–H and O–H groups in total. The molecule has 0 spiro atoms. The van der Waals surface area contributed by atoms with E-state index >= 15 is 0 Å². The summed E-state index contributed by atoms with van der Waals surface area (Å²) in [6, 6.07) is 21.8. The van der Waals surface area contributed by atoms with E-state index in [0.717, 1.165) is 29.5 Å². The molecule has 0 heterocycles. The lowest BCUT2D eigenvalue weighted by Gasteiger charge is -2.20. The first-order chi connectivity index (χ1) is 13.3. The van der Waals surface area contributed by atoms with E-state index in [0.29, 0.717) is 6.61 Å². The molecule has 0 unspecified atom stereocenters. The van der Waals surface area contributed by atoms with E-state index in [1.54, 1.807) is 6.07 Å². The molecule has 0 radical (unpaired) electrons. The number of ether oxygens (including phenoxy) is 1. The molecule has 2 heteroatoms. The minimum Gasteiger partial charge on any atom is -0.488 e. The Bertz CT molecular complexity index is 1150. The second-order valence-electron chi connectivity index (χ2n) is 7.34. The molecule has 0 fully saturated rings. The predicted molar refractivity (Wildman–Crippen MR) is 109 cm³/mol. The van der Waals surface area contributed by atoms with E-state index < -0.39 is 0 Å². The van der Waals surface area contributed by atoms with E-state index in [9.17, 15) is 4.39 Å². The number of benzene rings is 4. The lowest BCUT2D eigenvalue weighted by molar-refractivity contribution is 0.309. The van der Waals surface area contributed by atoms with Gasteiger partial charge in [-0.25, -0.2) is 4.39 Å². The molecule has 5 rings (SSSR count). The molecule has 0 atom stereocenters. The number of hydrogen-bond donors (Lipinski definition) is 0. The van der Waals surface area contributed by atoms with Gasteiger partial charge in [0.05, 0.1) is 0 Å². The lowest BCUT2D eigenvalue weighted by Crippen LogP contribution is -2.04. The first-order valence-corrected chi connectivity index (χ1v) is 9.63. The molecule has 0 bridgehead atoms. The first kappa shape index (κ1) is 16.3. The van der Waals surface area contributed by atoms with Crippen molar-refractivity contribution in [2.75, 3.05) is 0 Å². The maximum atomic E-state index is 13.5. The minimum atomic E-state index is -0.228. The highest BCUT2D eigenvalue weighted by molar-refractivity contribution is 6.11. The Morgan fingerprint density at radius 1 is 0.741 bits per heavy atom. The zero-order valence-electron chi connectivity index (χ0n) is 15.2. The van der Waals surface area contributed by atoms with Gasteiger partial charge in [-0.15, -0.1) is 0 Å². The van der Waals surface area contributed by atoms with Crippen LogP contribution in [0, 0.1) is 5.82 Å². The van der Waals surface area contributed by atoms with Crippen LogP contribution in [0.15, 0.2) is 66.7 Å². The van der Waals surface area contributed by atoms with Crippen molar-refractivity contribution in [2.24, 2.45) is 0 Å². The van der Waals surface area contributed by atoms with Crippen molar-refractivity contribution in [2.45, 2.75) is 32.3 Å². The summed E-state index contributed by atoms with van der Waals surface area (Å²) in [5.74, 6) is 0.648. The molecular weight excluding hydrogens is 335 g/mol. The summed E-state index contributed by atoms with van der Waals surface area (Å²) in [5.41, 5.74) is 3.79. The van der Waals surface area contributed by atoms with Crippen molar-refractivity contribution in [3.05, 3.63) is 89.2 Å². The Morgan fingerprint density at radius 3 is 2.44 bits per heavy atom. The van der Waals surface area contributed by atoms with E-state index in [1.165, 1.54) is 52.3 Å². The zero-order chi connectivity index (χ0) is 18.2. The van der Waals surface area contributed by atoms with Crippen LogP contribution in [0.5, 0.6) is 5.75 Å². The van der Waals surface area contributed by atoms with Crippen LogP contribution in [0.4, 0.5) is 4.39 Å². The fourth-order valence-corrected chi connectivity index (χ4v) is 4.31. The summed E-state index contributed by atoms with van der Waals surface area (Å²) < 4.78 is 19.7. The van der Waals surface area contributed by atoms with E-state index in [2.05, 4.69) is 36.4 Å². The third-order valence-electron chi connectivity index (χ3n) is 5.62. The van der Waals surface area contributed by atoms with Gasteiger partial charge in [0.25, 0.3) is 0 Å². The smallest absolute Gasteiger partial charge is 0.128 e. The highest BCUT2D eigenvalue weighted by Crippen LogP contribution is 2.38. The van der Waals surface area contributed by atoms with Crippen LogP contribution in [0.2, 0.25) is 0 Å². The van der Waals surface area contributed by atoms with Crippen molar-refractivity contribution in [1.29, 1.82) is 0 Å². The van der Waals surface area contributed by atoms with E-state index in [4.69, 9.17) is 4.74 Å².